The molecule has 0 aliphatic rings. The lowest BCUT2D eigenvalue weighted by atomic mass is 10.0. The van der Waals surface area contributed by atoms with Crippen molar-refractivity contribution in [3.63, 3.8) is 0 Å². The normalized spacial score (nSPS) is 10.4. The van der Waals surface area contributed by atoms with Crippen molar-refractivity contribution < 1.29 is 14.6 Å². The van der Waals surface area contributed by atoms with Gasteiger partial charge in [-0.1, -0.05) is 134 Å². The maximum atomic E-state index is 9.25. The molecule has 0 aromatic heterocycles. The molecule has 0 heterocycles. The van der Waals surface area contributed by atoms with E-state index in [1.165, 1.54) is 101 Å². The summed E-state index contributed by atoms with van der Waals surface area (Å²) in [5.41, 5.74) is 2.70. The first-order chi connectivity index (χ1) is 17.6. The fraction of sp³-hybridized carbons (Fsp3) is 0.545. The van der Waals surface area contributed by atoms with Crippen LogP contribution in [-0.2, 0) is 17.6 Å². The van der Waals surface area contributed by atoms with Gasteiger partial charge in [0.05, 0.1) is 0 Å². The van der Waals surface area contributed by atoms with E-state index in [1.807, 2.05) is 0 Å². The van der Waals surface area contributed by atoms with Crippen molar-refractivity contribution in [2.45, 2.75) is 117 Å². The van der Waals surface area contributed by atoms with Gasteiger partial charge in [-0.25, -0.2) is 4.79 Å². The highest BCUT2D eigenvalue weighted by Crippen LogP contribution is 2.30. The van der Waals surface area contributed by atoms with Gasteiger partial charge in [-0.15, -0.1) is 0 Å². The minimum atomic E-state index is -0.981. The monoisotopic (exact) mass is 494 g/mol. The van der Waals surface area contributed by atoms with Crippen molar-refractivity contribution in [3.05, 3.63) is 72.3 Å². The number of unbranched alkanes of at least 4 members (excludes halogenated alkanes) is 12. The molecule has 2 aromatic rings. The predicted molar refractivity (Wildman–Crippen MR) is 154 cm³/mol. The van der Waals surface area contributed by atoms with Gasteiger partial charge >= 0.3 is 5.97 Å². The van der Waals surface area contributed by atoms with Crippen molar-refractivity contribution >= 4 is 5.97 Å². The minimum Gasteiger partial charge on any atom is -0.478 e. The maximum Gasteiger partial charge on any atom is 0.327 e. The fourth-order valence-electron chi connectivity index (χ4n) is 4.28. The van der Waals surface area contributed by atoms with E-state index >= 15 is 0 Å². The lowest BCUT2D eigenvalue weighted by Crippen LogP contribution is -1.96. The Morgan fingerprint density at radius 1 is 0.667 bits per heavy atom. The molecule has 0 amide bonds. The van der Waals surface area contributed by atoms with Crippen LogP contribution >= 0.6 is 0 Å². The summed E-state index contributed by atoms with van der Waals surface area (Å²) in [5.74, 6) is 1.10. The van der Waals surface area contributed by atoms with Gasteiger partial charge in [-0.3, -0.25) is 0 Å². The number of rotatable bonds is 19. The highest BCUT2D eigenvalue weighted by atomic mass is 16.5. The van der Waals surface area contributed by atoms with Crippen molar-refractivity contribution in [2.75, 3.05) is 0 Å². The topological polar surface area (TPSA) is 46.5 Å². The average molecular weight is 495 g/mol. The highest BCUT2D eigenvalue weighted by Gasteiger charge is 2.08. The summed E-state index contributed by atoms with van der Waals surface area (Å²) >= 11 is 0. The molecule has 0 unspecified atom stereocenters. The second kappa shape index (κ2) is 21.7. The molecule has 0 aliphatic heterocycles. The second-order valence-electron chi connectivity index (χ2n) is 9.60. The number of carboxylic acids is 1. The molecular formula is C33H50O3. The number of aliphatic carboxylic acids is 1. The molecule has 0 fully saturated rings. The number of carbonyl (C=O) groups is 1. The Labute approximate surface area is 221 Å². The van der Waals surface area contributed by atoms with Gasteiger partial charge in [0.1, 0.15) is 11.5 Å². The molecule has 1 N–H and O–H groups in total. The Kier molecular flexibility index (Phi) is 19.0. The molecule has 0 aliphatic carbocycles. The number of hydrogen-bond donors (Lipinski definition) is 1. The molecule has 3 heteroatoms. The third-order valence-electron chi connectivity index (χ3n) is 6.44. The molecule has 0 spiro atoms. The van der Waals surface area contributed by atoms with E-state index in [9.17, 15) is 4.79 Å². The summed E-state index contributed by atoms with van der Waals surface area (Å²) in [4.78, 5) is 9.25. The SMILES string of the molecule is C=CC(=O)O.CCCCCCCCCc1ccccc1Oc1ccccc1CCCCCCCCC. The third kappa shape index (κ3) is 15.4. The average Bonchev–Trinajstić information content (AvgIpc) is 2.89. The smallest absolute Gasteiger partial charge is 0.327 e. The van der Waals surface area contributed by atoms with Crippen LogP contribution in [0, 0.1) is 0 Å². The molecular weight excluding hydrogens is 444 g/mol. The first-order valence-electron chi connectivity index (χ1n) is 14.3. The highest BCUT2D eigenvalue weighted by molar-refractivity contribution is 5.78. The summed E-state index contributed by atoms with van der Waals surface area (Å²) in [7, 11) is 0. The summed E-state index contributed by atoms with van der Waals surface area (Å²) in [6.45, 7) is 7.52. The predicted octanol–water partition coefficient (Wildman–Crippen LogP) is 10.3. The first kappa shape index (κ1) is 31.5. The lowest BCUT2D eigenvalue weighted by molar-refractivity contribution is -0.131. The maximum absolute atomic E-state index is 9.25. The zero-order valence-corrected chi connectivity index (χ0v) is 23.0. The molecule has 3 nitrogen and oxygen atoms in total. The van der Waals surface area contributed by atoms with Crippen LogP contribution in [-0.4, -0.2) is 11.1 Å². The molecule has 0 atom stereocenters. The number of carboxylic acid groups (broad SMARTS) is 1. The zero-order chi connectivity index (χ0) is 26.3. The summed E-state index contributed by atoms with van der Waals surface area (Å²) in [5, 5.41) is 7.60. The second-order valence-corrected chi connectivity index (χ2v) is 9.60. The Morgan fingerprint density at radius 2 is 1.00 bits per heavy atom. The van der Waals surface area contributed by atoms with E-state index in [0.717, 1.165) is 30.4 Å². The number of aryl methyl sites for hydroxylation is 2. The van der Waals surface area contributed by atoms with Crippen molar-refractivity contribution in [1.29, 1.82) is 0 Å². The van der Waals surface area contributed by atoms with Crippen LogP contribution in [0.5, 0.6) is 11.5 Å². The van der Waals surface area contributed by atoms with Gasteiger partial charge in [0, 0.05) is 6.08 Å². The Bertz CT molecular complexity index is 768. The number of benzene rings is 2. The van der Waals surface area contributed by atoms with Crippen LogP contribution in [0.4, 0.5) is 0 Å². The van der Waals surface area contributed by atoms with E-state index in [1.54, 1.807) is 0 Å². The molecule has 0 saturated carbocycles. The molecule has 200 valence electrons. The lowest BCUT2D eigenvalue weighted by Gasteiger charge is -2.14. The van der Waals surface area contributed by atoms with Gasteiger partial charge in [0.2, 0.25) is 0 Å². The van der Waals surface area contributed by atoms with Crippen molar-refractivity contribution in [3.8, 4) is 11.5 Å². The number of hydrogen-bond acceptors (Lipinski definition) is 2. The van der Waals surface area contributed by atoms with Gasteiger partial charge in [-0.2, -0.15) is 0 Å². The zero-order valence-electron chi connectivity index (χ0n) is 23.0. The quantitative estimate of drug-likeness (QED) is 0.156. The third-order valence-corrected chi connectivity index (χ3v) is 6.44. The van der Waals surface area contributed by atoms with Gasteiger partial charge in [0.15, 0.2) is 0 Å². The van der Waals surface area contributed by atoms with Gasteiger partial charge in [-0.05, 0) is 48.9 Å². The Balaban J connectivity index is 0.00000118. The van der Waals surface area contributed by atoms with E-state index in [-0.39, 0.29) is 0 Å². The van der Waals surface area contributed by atoms with Gasteiger partial charge < -0.3 is 9.84 Å². The Hall–Kier alpha value is -2.55. The largest absolute Gasteiger partial charge is 0.478 e. The van der Waals surface area contributed by atoms with Crippen LogP contribution in [0.2, 0.25) is 0 Å². The summed E-state index contributed by atoms with van der Waals surface area (Å²) in [6.07, 6.45) is 21.9. The standard InChI is InChI=1S/C30H46O.C3H4O2/c1-3-5-7-9-11-13-15-21-27-23-17-19-25-29(27)31-30-26-20-18-24-28(30)22-16-14-12-10-8-6-4-2;1-2-3(4)5/h17-20,23-26H,3-16,21-22H2,1-2H3;2H,1H2,(H,4,5). The Morgan fingerprint density at radius 3 is 1.36 bits per heavy atom. The molecule has 2 aromatic carbocycles. The van der Waals surface area contributed by atoms with E-state index in [4.69, 9.17) is 9.84 Å². The molecule has 2 rings (SSSR count). The molecule has 0 bridgehead atoms. The molecule has 0 saturated heterocycles. The molecule has 36 heavy (non-hydrogen) atoms. The number of ether oxygens (including phenoxy) is 1. The van der Waals surface area contributed by atoms with E-state index < -0.39 is 5.97 Å². The summed E-state index contributed by atoms with van der Waals surface area (Å²) in [6, 6.07) is 17.3. The van der Waals surface area contributed by atoms with E-state index in [0.29, 0.717) is 0 Å². The van der Waals surface area contributed by atoms with Crippen molar-refractivity contribution in [1.82, 2.24) is 0 Å². The molecule has 0 radical (unpaired) electrons. The van der Waals surface area contributed by atoms with Gasteiger partial charge in [0.25, 0.3) is 0 Å². The minimum absolute atomic E-state index is 0.833. The van der Waals surface area contributed by atoms with Crippen molar-refractivity contribution in [2.24, 2.45) is 0 Å². The van der Waals surface area contributed by atoms with Crippen LogP contribution < -0.4 is 4.74 Å². The van der Waals surface area contributed by atoms with Crippen LogP contribution in [0.3, 0.4) is 0 Å². The van der Waals surface area contributed by atoms with E-state index in [2.05, 4.69) is 69.0 Å². The van der Waals surface area contributed by atoms with Crippen LogP contribution in [0.1, 0.15) is 115 Å². The number of para-hydroxylation sites is 2. The van der Waals surface area contributed by atoms with Crippen LogP contribution in [0.15, 0.2) is 61.2 Å². The summed E-state index contributed by atoms with van der Waals surface area (Å²) < 4.78 is 6.46. The fourth-order valence-corrected chi connectivity index (χ4v) is 4.28. The first-order valence-corrected chi connectivity index (χ1v) is 14.3. The van der Waals surface area contributed by atoms with Crippen LogP contribution in [0.25, 0.3) is 0 Å².